The van der Waals surface area contributed by atoms with E-state index in [-0.39, 0.29) is 0 Å². The second-order valence-electron chi connectivity index (χ2n) is 2.05. The Labute approximate surface area is 66.6 Å². The fourth-order valence-corrected chi connectivity index (χ4v) is 0.882. The van der Waals surface area contributed by atoms with Gasteiger partial charge in [-0.05, 0) is 5.56 Å². The molecule has 1 nitrogen and oxygen atoms in total. The number of rotatable bonds is 3. The van der Waals surface area contributed by atoms with Gasteiger partial charge in [0.1, 0.15) is 0 Å². The maximum absolute atomic E-state index is 5.44. The number of halogens is 1. The van der Waals surface area contributed by atoms with Crippen LogP contribution >= 0.6 is 11.5 Å². The van der Waals surface area contributed by atoms with Crippen LogP contribution in [0, 0.1) is 0 Å². The Morgan fingerprint density at radius 1 is 1.30 bits per heavy atom. The van der Waals surface area contributed by atoms with Crippen molar-refractivity contribution in [3.8, 4) is 0 Å². The quantitative estimate of drug-likeness (QED) is 0.645. The summed E-state index contributed by atoms with van der Waals surface area (Å²) in [5.74, 6) is 0. The van der Waals surface area contributed by atoms with Crippen LogP contribution in [-0.4, -0.2) is 6.83 Å². The highest BCUT2D eigenvalue weighted by molar-refractivity contribution is 6.92. The lowest BCUT2D eigenvalue weighted by atomic mass is 10.2. The molecule has 0 heterocycles. The van der Waals surface area contributed by atoms with Crippen LogP contribution < -0.4 is 5.23 Å². The van der Waals surface area contributed by atoms with Gasteiger partial charge in [0.15, 0.2) is 0 Å². The standard InChI is InChI=1S/C7H9BClN/c9-8-10-6-7-4-2-1-3-5-7/h1-5,8,10H,6H2. The monoisotopic (exact) mass is 153 g/mol. The van der Waals surface area contributed by atoms with E-state index in [1.54, 1.807) is 0 Å². The highest BCUT2D eigenvalue weighted by atomic mass is 35.5. The molecule has 0 saturated heterocycles. The normalized spacial score (nSPS) is 9.30. The van der Waals surface area contributed by atoms with Crippen LogP contribution in [0.15, 0.2) is 30.3 Å². The SMILES string of the molecule is ClBNCc1ccccc1. The summed E-state index contributed by atoms with van der Waals surface area (Å²) in [6.07, 6.45) is 0. The maximum atomic E-state index is 5.44. The Morgan fingerprint density at radius 2 is 2.00 bits per heavy atom. The summed E-state index contributed by atoms with van der Waals surface area (Å²) in [4.78, 5) is 0. The van der Waals surface area contributed by atoms with E-state index in [1.165, 1.54) is 5.56 Å². The molecule has 0 bridgehead atoms. The van der Waals surface area contributed by atoms with E-state index >= 15 is 0 Å². The average Bonchev–Trinajstić information content (AvgIpc) is 2.03. The van der Waals surface area contributed by atoms with Crippen molar-refractivity contribution in [1.82, 2.24) is 5.23 Å². The molecule has 52 valence electrons. The van der Waals surface area contributed by atoms with Crippen molar-refractivity contribution in [3.63, 3.8) is 0 Å². The number of benzene rings is 1. The predicted octanol–water partition coefficient (Wildman–Crippen LogP) is 1.28. The first-order valence-electron chi connectivity index (χ1n) is 3.24. The molecule has 3 heteroatoms. The van der Waals surface area contributed by atoms with E-state index in [2.05, 4.69) is 17.4 Å². The summed E-state index contributed by atoms with van der Waals surface area (Å²) in [5, 5.41) is 3.03. The lowest BCUT2D eigenvalue weighted by molar-refractivity contribution is 0.958. The predicted molar refractivity (Wildman–Crippen MR) is 46.3 cm³/mol. The molecule has 0 amide bonds. The summed E-state index contributed by atoms with van der Waals surface area (Å²) < 4.78 is 0. The van der Waals surface area contributed by atoms with E-state index in [0.717, 1.165) is 6.54 Å². The highest BCUT2D eigenvalue weighted by Gasteiger charge is 1.87. The van der Waals surface area contributed by atoms with E-state index in [0.29, 0.717) is 6.83 Å². The Morgan fingerprint density at radius 3 is 2.60 bits per heavy atom. The van der Waals surface area contributed by atoms with Crippen LogP contribution in [0.25, 0.3) is 0 Å². The maximum Gasteiger partial charge on any atom is 0.311 e. The minimum absolute atomic E-state index is 0.509. The summed E-state index contributed by atoms with van der Waals surface area (Å²) in [6.45, 7) is 1.36. The van der Waals surface area contributed by atoms with Gasteiger partial charge in [0, 0.05) is 6.54 Å². The van der Waals surface area contributed by atoms with Crippen LogP contribution in [0.2, 0.25) is 0 Å². The molecule has 0 aliphatic carbocycles. The van der Waals surface area contributed by atoms with Crippen molar-refractivity contribution in [2.75, 3.05) is 0 Å². The van der Waals surface area contributed by atoms with Crippen molar-refractivity contribution in [2.45, 2.75) is 6.54 Å². The first-order valence-corrected chi connectivity index (χ1v) is 3.77. The topological polar surface area (TPSA) is 12.0 Å². The van der Waals surface area contributed by atoms with Crippen molar-refractivity contribution < 1.29 is 0 Å². The van der Waals surface area contributed by atoms with Gasteiger partial charge in [-0.15, -0.1) is 0 Å². The van der Waals surface area contributed by atoms with Crippen LogP contribution in [0.5, 0.6) is 0 Å². The third-order valence-electron chi connectivity index (χ3n) is 1.27. The summed E-state index contributed by atoms with van der Waals surface area (Å²) in [7, 11) is 0. The lowest BCUT2D eigenvalue weighted by Crippen LogP contribution is -2.13. The fourth-order valence-electron chi connectivity index (χ4n) is 0.787. The third-order valence-corrected chi connectivity index (χ3v) is 1.46. The average molecular weight is 153 g/mol. The fraction of sp³-hybridized carbons (Fsp3) is 0.143. The Kier molecular flexibility index (Phi) is 3.34. The van der Waals surface area contributed by atoms with Gasteiger partial charge in [0.05, 0.1) is 0 Å². The molecule has 0 unspecified atom stereocenters. The molecule has 1 aromatic rings. The third kappa shape index (κ3) is 2.42. The second kappa shape index (κ2) is 4.37. The molecule has 1 N–H and O–H groups in total. The molecule has 0 saturated carbocycles. The number of nitrogens with one attached hydrogen (secondary N) is 1. The minimum Gasteiger partial charge on any atom is -0.341 e. The minimum atomic E-state index is 0.509. The van der Waals surface area contributed by atoms with E-state index in [4.69, 9.17) is 11.5 Å². The molecule has 1 aromatic carbocycles. The Hall–Kier alpha value is -0.465. The molecule has 0 spiro atoms. The van der Waals surface area contributed by atoms with Gasteiger partial charge in [0.25, 0.3) is 0 Å². The number of hydrogen-bond donors (Lipinski definition) is 1. The van der Waals surface area contributed by atoms with Gasteiger partial charge in [-0.1, -0.05) is 30.3 Å². The van der Waals surface area contributed by atoms with Gasteiger partial charge >= 0.3 is 6.83 Å². The molecule has 0 aliphatic rings. The summed E-state index contributed by atoms with van der Waals surface area (Å²) in [5.41, 5.74) is 1.27. The van der Waals surface area contributed by atoms with Gasteiger partial charge in [-0.3, -0.25) is 0 Å². The molecule has 0 fully saturated rings. The molecule has 0 aliphatic heterocycles. The molecule has 1 rings (SSSR count). The molecular formula is C7H9BClN. The van der Waals surface area contributed by atoms with Gasteiger partial charge < -0.3 is 5.23 Å². The largest absolute Gasteiger partial charge is 0.341 e. The summed E-state index contributed by atoms with van der Waals surface area (Å²) >= 11 is 5.44. The zero-order valence-electron chi connectivity index (χ0n) is 5.68. The number of hydrogen-bond acceptors (Lipinski definition) is 1. The molecule has 0 radical (unpaired) electrons. The lowest BCUT2D eigenvalue weighted by Gasteiger charge is -1.97. The van der Waals surface area contributed by atoms with Crippen LogP contribution in [0.4, 0.5) is 0 Å². The first kappa shape index (κ1) is 7.64. The summed E-state index contributed by atoms with van der Waals surface area (Å²) in [6, 6.07) is 10.2. The van der Waals surface area contributed by atoms with Crippen molar-refractivity contribution in [2.24, 2.45) is 0 Å². The molecule has 10 heavy (non-hydrogen) atoms. The zero-order valence-corrected chi connectivity index (χ0v) is 6.43. The Balaban J connectivity index is 2.43. The van der Waals surface area contributed by atoms with Gasteiger partial charge in [0.2, 0.25) is 0 Å². The van der Waals surface area contributed by atoms with Crippen molar-refractivity contribution >= 4 is 18.3 Å². The zero-order chi connectivity index (χ0) is 7.23. The van der Waals surface area contributed by atoms with E-state index in [9.17, 15) is 0 Å². The van der Waals surface area contributed by atoms with E-state index in [1.807, 2.05) is 18.2 Å². The molecule has 0 atom stereocenters. The van der Waals surface area contributed by atoms with Gasteiger partial charge in [-0.25, -0.2) is 0 Å². The van der Waals surface area contributed by atoms with Crippen LogP contribution in [0.3, 0.4) is 0 Å². The first-order chi connectivity index (χ1) is 4.93. The second-order valence-corrected chi connectivity index (χ2v) is 2.31. The highest BCUT2D eigenvalue weighted by Crippen LogP contribution is 1.96. The van der Waals surface area contributed by atoms with Crippen LogP contribution in [-0.2, 0) is 6.54 Å². The smallest absolute Gasteiger partial charge is 0.311 e. The van der Waals surface area contributed by atoms with Gasteiger partial charge in [-0.2, -0.15) is 11.5 Å². The molecular weight excluding hydrogens is 144 g/mol. The van der Waals surface area contributed by atoms with Crippen LogP contribution in [0.1, 0.15) is 5.56 Å². The molecule has 0 aromatic heterocycles. The Bertz CT molecular complexity index is 178. The van der Waals surface area contributed by atoms with Crippen molar-refractivity contribution in [3.05, 3.63) is 35.9 Å². The van der Waals surface area contributed by atoms with E-state index < -0.39 is 0 Å². The van der Waals surface area contributed by atoms with Crippen molar-refractivity contribution in [1.29, 1.82) is 0 Å².